The van der Waals surface area contributed by atoms with E-state index in [0.29, 0.717) is 25.8 Å². The number of aromatic nitrogens is 2. The molecule has 6 nitrogen and oxygen atoms in total. The number of rotatable bonds is 6. The highest BCUT2D eigenvalue weighted by atomic mass is 16.5. The largest absolute Gasteiger partial charge is 0.497 e. The van der Waals surface area contributed by atoms with Crippen LogP contribution in [0.5, 0.6) is 5.75 Å². The lowest BCUT2D eigenvalue weighted by Crippen LogP contribution is -2.33. The molecule has 130 valence electrons. The summed E-state index contributed by atoms with van der Waals surface area (Å²) in [5.74, 6) is -0.0963. The van der Waals surface area contributed by atoms with E-state index in [1.54, 1.807) is 19.6 Å². The molecule has 1 N–H and O–H groups in total. The van der Waals surface area contributed by atoms with E-state index in [4.69, 9.17) is 4.74 Å². The van der Waals surface area contributed by atoms with Gasteiger partial charge >= 0.3 is 0 Å². The molecule has 1 heterocycles. The average molecular weight is 339 g/mol. The Hall–Kier alpha value is -2.76. The van der Waals surface area contributed by atoms with Gasteiger partial charge in [0.15, 0.2) is 0 Å². The number of aromatic amines is 1. The average Bonchev–Trinajstić information content (AvgIpc) is 3.14. The third kappa shape index (κ3) is 4.21. The van der Waals surface area contributed by atoms with E-state index < -0.39 is 5.92 Å². The van der Waals surface area contributed by atoms with Crippen molar-refractivity contribution in [3.05, 3.63) is 48.0 Å². The monoisotopic (exact) mass is 339 g/mol. The number of ether oxygens (including phenoxy) is 1. The van der Waals surface area contributed by atoms with Crippen LogP contribution in [0.4, 0.5) is 0 Å². The Kier molecular flexibility index (Phi) is 5.38. The molecule has 1 saturated carbocycles. The third-order valence-electron chi connectivity index (χ3n) is 4.50. The molecule has 2 aromatic rings. The van der Waals surface area contributed by atoms with E-state index in [1.807, 2.05) is 24.3 Å². The van der Waals surface area contributed by atoms with E-state index in [2.05, 4.69) is 15.0 Å². The zero-order valence-corrected chi connectivity index (χ0v) is 14.1. The van der Waals surface area contributed by atoms with Crippen LogP contribution in [0.2, 0.25) is 0 Å². The van der Waals surface area contributed by atoms with Gasteiger partial charge in [-0.05, 0) is 23.6 Å². The third-order valence-corrected chi connectivity index (χ3v) is 4.50. The van der Waals surface area contributed by atoms with Crippen molar-refractivity contribution >= 4 is 17.8 Å². The highest BCUT2D eigenvalue weighted by Gasteiger charge is 2.34. The number of aliphatic imine (C=N–C) groups is 1. The second-order valence-corrected chi connectivity index (χ2v) is 6.17. The van der Waals surface area contributed by atoms with Crippen molar-refractivity contribution in [1.29, 1.82) is 0 Å². The van der Waals surface area contributed by atoms with Crippen molar-refractivity contribution in [3.8, 4) is 5.75 Å². The van der Waals surface area contributed by atoms with Crippen LogP contribution in [0.25, 0.3) is 0 Å². The lowest BCUT2D eigenvalue weighted by Gasteiger charge is -2.24. The van der Waals surface area contributed by atoms with Crippen LogP contribution in [-0.4, -0.2) is 41.4 Å². The van der Waals surface area contributed by atoms with Gasteiger partial charge in [0.05, 0.1) is 13.4 Å². The minimum Gasteiger partial charge on any atom is -0.497 e. The molecule has 25 heavy (non-hydrogen) atoms. The fourth-order valence-corrected chi connectivity index (χ4v) is 3.06. The van der Waals surface area contributed by atoms with Gasteiger partial charge in [-0.2, -0.15) is 0 Å². The predicted octanol–water partition coefficient (Wildman–Crippen LogP) is 2.36. The summed E-state index contributed by atoms with van der Waals surface area (Å²) in [6, 6.07) is 7.55. The van der Waals surface area contributed by atoms with Crippen LogP contribution in [0.15, 0.2) is 41.8 Å². The number of ketones is 2. The number of benzene rings is 1. The number of imidazole rings is 1. The number of Topliss-reactive ketones (excluding diaryl/α,β-unsaturated/α-hetero) is 2. The molecule has 0 spiro atoms. The van der Waals surface area contributed by atoms with Gasteiger partial charge in [0.1, 0.15) is 23.2 Å². The maximum Gasteiger partial charge on any atom is 0.149 e. The van der Waals surface area contributed by atoms with Crippen molar-refractivity contribution in [2.45, 2.75) is 25.2 Å². The minimum atomic E-state index is -0.698. The van der Waals surface area contributed by atoms with E-state index in [1.165, 1.54) is 6.21 Å². The molecule has 0 amide bonds. The first kappa shape index (κ1) is 17.1. The molecule has 6 heteroatoms. The number of hydrogen-bond donors (Lipinski definition) is 1. The molecule has 0 atom stereocenters. The standard InChI is InChI=1S/C19H21N3O3/c1-25-16-4-2-13(3-5-16)14-8-18(23)17(19(24)9-14)11-20-7-6-15-10-21-12-22-15/h2-5,10-12,14,17H,6-9H2,1H3,(H,21,22). The first-order valence-corrected chi connectivity index (χ1v) is 8.34. The van der Waals surface area contributed by atoms with Crippen LogP contribution >= 0.6 is 0 Å². The van der Waals surface area contributed by atoms with Crippen molar-refractivity contribution in [2.24, 2.45) is 10.9 Å². The van der Waals surface area contributed by atoms with Crippen LogP contribution in [0, 0.1) is 5.92 Å². The smallest absolute Gasteiger partial charge is 0.149 e. The maximum atomic E-state index is 12.4. The Bertz CT molecular complexity index is 733. The first-order chi connectivity index (χ1) is 12.2. The molecule has 0 aliphatic heterocycles. The number of nitrogens with zero attached hydrogens (tertiary/aromatic N) is 2. The molecule has 0 unspecified atom stereocenters. The van der Waals surface area contributed by atoms with Gasteiger partial charge in [0.25, 0.3) is 0 Å². The molecule has 1 aromatic carbocycles. The zero-order chi connectivity index (χ0) is 17.6. The van der Waals surface area contributed by atoms with Crippen molar-refractivity contribution in [3.63, 3.8) is 0 Å². The predicted molar refractivity (Wildman–Crippen MR) is 94.1 cm³/mol. The second-order valence-electron chi connectivity index (χ2n) is 6.17. The van der Waals surface area contributed by atoms with Gasteiger partial charge in [-0.3, -0.25) is 14.6 Å². The van der Waals surface area contributed by atoms with Crippen LogP contribution in [-0.2, 0) is 16.0 Å². The number of methoxy groups -OCH3 is 1. The van der Waals surface area contributed by atoms with E-state index >= 15 is 0 Å². The Morgan fingerprint density at radius 3 is 2.56 bits per heavy atom. The fourth-order valence-electron chi connectivity index (χ4n) is 3.06. The molecule has 1 aromatic heterocycles. The van der Waals surface area contributed by atoms with Gasteiger partial charge < -0.3 is 9.72 Å². The summed E-state index contributed by atoms with van der Waals surface area (Å²) in [5.41, 5.74) is 1.98. The van der Waals surface area contributed by atoms with Crippen molar-refractivity contribution in [1.82, 2.24) is 9.97 Å². The quantitative estimate of drug-likeness (QED) is 0.647. The number of carbonyl (C=O) groups is 2. The van der Waals surface area contributed by atoms with Crippen LogP contribution in [0.3, 0.4) is 0 Å². The summed E-state index contributed by atoms with van der Waals surface area (Å²) in [6.07, 6.45) is 6.33. The Morgan fingerprint density at radius 1 is 1.24 bits per heavy atom. The molecule has 0 radical (unpaired) electrons. The van der Waals surface area contributed by atoms with Crippen molar-refractivity contribution in [2.75, 3.05) is 13.7 Å². The molecular formula is C19H21N3O3. The highest BCUT2D eigenvalue weighted by molar-refractivity contribution is 6.16. The number of nitrogens with one attached hydrogen (secondary N) is 1. The Morgan fingerprint density at radius 2 is 1.96 bits per heavy atom. The first-order valence-electron chi connectivity index (χ1n) is 8.34. The molecule has 0 saturated heterocycles. The van der Waals surface area contributed by atoms with Gasteiger partial charge in [-0.15, -0.1) is 0 Å². The SMILES string of the molecule is COc1ccc(C2CC(=O)C(C=NCCc3cnc[nH]3)C(=O)C2)cc1. The van der Waals surface area contributed by atoms with Crippen LogP contribution < -0.4 is 4.74 Å². The fraction of sp³-hybridized carbons (Fsp3) is 0.368. The topological polar surface area (TPSA) is 84.4 Å². The molecular weight excluding hydrogens is 318 g/mol. The van der Waals surface area contributed by atoms with E-state index in [9.17, 15) is 9.59 Å². The Labute approximate surface area is 146 Å². The molecule has 0 bridgehead atoms. The highest BCUT2D eigenvalue weighted by Crippen LogP contribution is 2.32. The second kappa shape index (κ2) is 7.88. The summed E-state index contributed by atoms with van der Waals surface area (Å²) in [7, 11) is 1.61. The molecule has 1 fully saturated rings. The summed E-state index contributed by atoms with van der Waals surface area (Å²) in [6.45, 7) is 0.529. The lowest BCUT2D eigenvalue weighted by atomic mass is 9.77. The molecule has 1 aliphatic rings. The number of hydrogen-bond acceptors (Lipinski definition) is 5. The summed E-state index contributed by atoms with van der Waals surface area (Å²) >= 11 is 0. The summed E-state index contributed by atoms with van der Waals surface area (Å²) in [5, 5.41) is 0. The molecule has 3 rings (SSSR count). The lowest BCUT2D eigenvalue weighted by molar-refractivity contribution is -0.133. The normalized spacial score (nSPS) is 21.0. The van der Waals surface area contributed by atoms with Gasteiger partial charge in [0, 0.05) is 43.9 Å². The van der Waals surface area contributed by atoms with Gasteiger partial charge in [-0.1, -0.05) is 12.1 Å². The van der Waals surface area contributed by atoms with Gasteiger partial charge in [0.2, 0.25) is 0 Å². The summed E-state index contributed by atoms with van der Waals surface area (Å²) in [4.78, 5) is 36.0. The minimum absolute atomic E-state index is 0.0534. The maximum absolute atomic E-state index is 12.4. The van der Waals surface area contributed by atoms with Crippen molar-refractivity contribution < 1.29 is 14.3 Å². The van der Waals surface area contributed by atoms with Crippen LogP contribution in [0.1, 0.15) is 30.0 Å². The van der Waals surface area contributed by atoms with Gasteiger partial charge in [-0.25, -0.2) is 4.98 Å². The van der Waals surface area contributed by atoms with E-state index in [-0.39, 0.29) is 17.5 Å². The zero-order valence-electron chi connectivity index (χ0n) is 14.1. The van der Waals surface area contributed by atoms with E-state index in [0.717, 1.165) is 17.0 Å². The Balaban J connectivity index is 1.57. The number of H-pyrrole nitrogens is 1. The number of carbonyl (C=O) groups excluding carboxylic acids is 2. The molecule has 1 aliphatic carbocycles. The summed E-state index contributed by atoms with van der Waals surface area (Å²) < 4.78 is 5.14.